The van der Waals surface area contributed by atoms with Crippen molar-refractivity contribution in [3.63, 3.8) is 0 Å². The lowest BCUT2D eigenvalue weighted by Gasteiger charge is -2.24. The molecule has 0 atom stereocenters. The first-order chi connectivity index (χ1) is 17.5. The summed E-state index contributed by atoms with van der Waals surface area (Å²) in [6.07, 6.45) is 1.04. The molecule has 3 N–H and O–H groups in total. The fourth-order valence-electron chi connectivity index (χ4n) is 3.85. The smallest absolute Gasteiger partial charge is 0.339 e. The molecule has 0 aliphatic rings. The molecule has 0 aromatic heterocycles. The molecular weight excluding hydrogens is 506 g/mol. The van der Waals surface area contributed by atoms with Crippen molar-refractivity contribution >= 4 is 49.9 Å². The third-order valence-electron chi connectivity index (χ3n) is 5.49. The number of anilines is 3. The molecule has 0 heterocycles. The van der Waals surface area contributed by atoms with Crippen LogP contribution in [0.5, 0.6) is 5.75 Å². The lowest BCUT2D eigenvalue weighted by Crippen LogP contribution is -2.24. The fourth-order valence-corrected chi connectivity index (χ4v) is 4.40. The first-order valence-electron chi connectivity index (χ1n) is 12.0. The number of sulfonamides is 1. The first kappa shape index (κ1) is 28.8. The van der Waals surface area contributed by atoms with Crippen LogP contribution in [0.15, 0.2) is 48.5 Å². The van der Waals surface area contributed by atoms with Crippen LogP contribution in [-0.4, -0.2) is 39.4 Å². The van der Waals surface area contributed by atoms with Crippen molar-refractivity contribution in [3.8, 4) is 5.75 Å². The van der Waals surface area contributed by atoms with Gasteiger partial charge in [0, 0.05) is 5.39 Å². The van der Waals surface area contributed by atoms with Crippen LogP contribution in [0, 0.1) is 0 Å². The van der Waals surface area contributed by atoms with Gasteiger partial charge in [-0.2, -0.15) is 0 Å². The van der Waals surface area contributed by atoms with Crippen molar-refractivity contribution in [2.75, 3.05) is 28.7 Å². The summed E-state index contributed by atoms with van der Waals surface area (Å²) in [6, 6.07) is 13.3. The summed E-state index contributed by atoms with van der Waals surface area (Å²) in [7, 11) is -2.21. The van der Waals surface area contributed by atoms with Crippen LogP contribution in [0.4, 0.5) is 21.9 Å². The second-order valence-corrected chi connectivity index (χ2v) is 12.8. The van der Waals surface area contributed by atoms with E-state index in [1.807, 2.05) is 26.8 Å². The Morgan fingerprint density at radius 2 is 1.39 bits per heavy atom. The number of benzene rings is 3. The average molecular weight is 542 g/mol. The Morgan fingerprint density at radius 3 is 1.95 bits per heavy atom. The molecule has 0 spiro atoms. The van der Waals surface area contributed by atoms with Crippen LogP contribution >= 0.6 is 0 Å². The van der Waals surface area contributed by atoms with Crippen molar-refractivity contribution in [1.82, 2.24) is 0 Å². The van der Waals surface area contributed by atoms with E-state index in [1.165, 1.54) is 7.11 Å². The number of hydrogen-bond acceptors (Lipinski definition) is 6. The van der Waals surface area contributed by atoms with Gasteiger partial charge in [-0.15, -0.1) is 0 Å². The predicted octanol–water partition coefficient (Wildman–Crippen LogP) is 6.12. The Labute approximate surface area is 224 Å². The third-order valence-corrected chi connectivity index (χ3v) is 6.08. The average Bonchev–Trinajstić information content (AvgIpc) is 2.76. The third kappa shape index (κ3) is 7.16. The summed E-state index contributed by atoms with van der Waals surface area (Å²) in [6.45, 7) is 11.3. The molecule has 0 saturated heterocycles. The van der Waals surface area contributed by atoms with Crippen molar-refractivity contribution < 1.29 is 27.5 Å². The van der Waals surface area contributed by atoms with Gasteiger partial charge in [-0.25, -0.2) is 18.0 Å². The molecule has 2 amide bonds. The van der Waals surface area contributed by atoms with Gasteiger partial charge >= 0.3 is 12.0 Å². The molecule has 0 bridgehead atoms. The molecule has 10 heteroatoms. The van der Waals surface area contributed by atoms with Crippen molar-refractivity contribution in [2.45, 2.75) is 52.6 Å². The second kappa shape index (κ2) is 10.5. The lowest BCUT2D eigenvalue weighted by atomic mass is 9.86. The Hall–Kier alpha value is -3.79. The Kier molecular flexibility index (Phi) is 7.97. The number of nitrogens with one attached hydrogen (secondary N) is 3. The summed E-state index contributed by atoms with van der Waals surface area (Å²) in [5.41, 5.74) is 1.15. The number of hydrogen-bond donors (Lipinski definition) is 3. The zero-order valence-corrected chi connectivity index (χ0v) is 23.8. The topological polar surface area (TPSA) is 123 Å². The first-order valence-corrected chi connectivity index (χ1v) is 13.9. The van der Waals surface area contributed by atoms with Gasteiger partial charge in [-0.1, -0.05) is 45.0 Å². The Morgan fingerprint density at radius 1 is 0.816 bits per heavy atom. The van der Waals surface area contributed by atoms with Crippen LogP contribution in [0.3, 0.4) is 0 Å². The summed E-state index contributed by atoms with van der Waals surface area (Å²) in [4.78, 5) is 25.9. The van der Waals surface area contributed by atoms with E-state index in [0.717, 1.165) is 11.8 Å². The summed E-state index contributed by atoms with van der Waals surface area (Å²) in [5.74, 6) is -0.289. The van der Waals surface area contributed by atoms with Gasteiger partial charge in [-0.3, -0.25) is 4.72 Å². The Bertz CT molecular complexity index is 1480. The number of ether oxygens (including phenoxy) is 2. The molecule has 3 aromatic carbocycles. The lowest BCUT2D eigenvalue weighted by molar-refractivity contribution is 0.00718. The molecule has 0 fully saturated rings. The highest BCUT2D eigenvalue weighted by Crippen LogP contribution is 2.39. The Balaban J connectivity index is 1.99. The summed E-state index contributed by atoms with van der Waals surface area (Å²) >= 11 is 0. The minimum atomic E-state index is -3.61. The molecule has 204 valence electrons. The predicted molar refractivity (Wildman–Crippen MR) is 152 cm³/mol. The van der Waals surface area contributed by atoms with Gasteiger partial charge in [-0.05, 0) is 61.4 Å². The minimum Gasteiger partial charge on any atom is -0.492 e. The largest absolute Gasteiger partial charge is 0.492 e. The van der Waals surface area contributed by atoms with Crippen molar-refractivity contribution in [1.29, 1.82) is 0 Å². The molecule has 0 aliphatic carbocycles. The number of methoxy groups -OCH3 is 1. The second-order valence-electron chi connectivity index (χ2n) is 11.0. The highest BCUT2D eigenvalue weighted by Gasteiger charge is 2.23. The molecule has 0 radical (unpaired) electrons. The van der Waals surface area contributed by atoms with Crippen LogP contribution in [-0.2, 0) is 20.2 Å². The summed E-state index contributed by atoms with van der Waals surface area (Å²) < 4.78 is 37.4. The van der Waals surface area contributed by atoms with Gasteiger partial charge in [0.1, 0.15) is 5.60 Å². The van der Waals surface area contributed by atoms with E-state index in [9.17, 15) is 18.0 Å². The van der Waals surface area contributed by atoms with E-state index in [0.29, 0.717) is 27.7 Å². The quantitative estimate of drug-likeness (QED) is 0.323. The number of fused-ring (bicyclic) bond motifs is 1. The number of carbonyl (C=O) groups is 2. The fraction of sp³-hybridized carbons (Fsp3) is 0.357. The van der Waals surface area contributed by atoms with Crippen LogP contribution < -0.4 is 20.1 Å². The van der Waals surface area contributed by atoms with Gasteiger partial charge < -0.3 is 20.1 Å². The standard InChI is InChI=1S/C28H35N3O6S/c1-27(2,3)17-15-22(24(36-7)23(16-17)31-38(8,34)35)30-26(33)29-21-14-13-20(25(32)37-28(4,5)6)18-11-9-10-12-19(18)21/h9-16,31H,1-8H3,(H2,29,30,33). The normalized spacial score (nSPS) is 12.1. The van der Waals surface area contributed by atoms with Gasteiger partial charge in [0.2, 0.25) is 10.0 Å². The maximum atomic E-state index is 13.1. The molecule has 3 rings (SSSR count). The van der Waals surface area contributed by atoms with Crippen molar-refractivity contribution in [2.24, 2.45) is 0 Å². The van der Waals surface area contributed by atoms with Crippen molar-refractivity contribution in [3.05, 3.63) is 59.7 Å². The highest BCUT2D eigenvalue weighted by molar-refractivity contribution is 7.92. The van der Waals surface area contributed by atoms with E-state index in [4.69, 9.17) is 9.47 Å². The molecule has 0 saturated carbocycles. The van der Waals surface area contributed by atoms with Gasteiger partial charge in [0.15, 0.2) is 5.75 Å². The van der Waals surface area contributed by atoms with Gasteiger partial charge in [0.25, 0.3) is 0 Å². The molecule has 0 aliphatic heterocycles. The zero-order chi connectivity index (χ0) is 28.5. The summed E-state index contributed by atoms with van der Waals surface area (Å²) in [5, 5.41) is 6.89. The van der Waals surface area contributed by atoms with Crippen LogP contribution in [0.25, 0.3) is 10.8 Å². The number of urea groups is 1. The van der Waals surface area contributed by atoms with E-state index in [-0.39, 0.29) is 16.9 Å². The highest BCUT2D eigenvalue weighted by atomic mass is 32.2. The monoisotopic (exact) mass is 541 g/mol. The number of esters is 1. The molecule has 3 aromatic rings. The number of amides is 2. The maximum Gasteiger partial charge on any atom is 0.339 e. The van der Waals surface area contributed by atoms with E-state index >= 15 is 0 Å². The molecule has 9 nitrogen and oxygen atoms in total. The van der Waals surface area contributed by atoms with Gasteiger partial charge in [0.05, 0.1) is 36.0 Å². The molecule has 38 heavy (non-hydrogen) atoms. The number of carbonyl (C=O) groups excluding carboxylic acids is 2. The zero-order valence-electron chi connectivity index (χ0n) is 23.0. The van der Waals surface area contributed by atoms with Crippen LogP contribution in [0.1, 0.15) is 57.5 Å². The van der Waals surface area contributed by atoms with E-state index in [1.54, 1.807) is 63.2 Å². The minimum absolute atomic E-state index is 0.170. The molecule has 0 unspecified atom stereocenters. The van der Waals surface area contributed by atoms with Crippen LogP contribution in [0.2, 0.25) is 0 Å². The SMILES string of the molecule is COc1c(NC(=O)Nc2ccc(C(=O)OC(C)(C)C)c3ccccc23)cc(C(C)(C)C)cc1NS(C)(=O)=O. The maximum absolute atomic E-state index is 13.1. The van der Waals surface area contributed by atoms with E-state index < -0.39 is 27.6 Å². The molecular formula is C28H35N3O6S. The van der Waals surface area contributed by atoms with E-state index in [2.05, 4.69) is 15.4 Å². The number of rotatable bonds is 6.